The van der Waals surface area contributed by atoms with Gasteiger partial charge in [-0.05, 0) is 54.1 Å². The van der Waals surface area contributed by atoms with Crippen molar-refractivity contribution in [2.24, 2.45) is 0 Å². The monoisotopic (exact) mass is 333 g/mol. The molecule has 0 saturated heterocycles. The molecule has 0 aliphatic heterocycles. The normalized spacial score (nSPS) is 11.2. The number of aliphatic hydroxyl groups excluding tert-OH is 1. The van der Waals surface area contributed by atoms with Gasteiger partial charge in [-0.15, -0.1) is 0 Å². The molecule has 0 amide bonds. The third-order valence-electron chi connectivity index (χ3n) is 4.56. The fraction of sp³-hybridized carbons (Fsp3) is 0.143. The molecule has 4 heteroatoms. The van der Waals surface area contributed by atoms with Crippen molar-refractivity contribution in [1.29, 1.82) is 0 Å². The Hall–Kier alpha value is -2.98. The smallest absolute Gasteiger partial charge is 0.119 e. The molecular formula is C21H19NO3. The molecule has 4 aromatic rings. The van der Waals surface area contributed by atoms with Crippen molar-refractivity contribution in [1.82, 2.24) is 4.57 Å². The highest BCUT2D eigenvalue weighted by molar-refractivity contribution is 6.10. The van der Waals surface area contributed by atoms with Crippen molar-refractivity contribution < 1.29 is 14.6 Å². The van der Waals surface area contributed by atoms with Crippen molar-refractivity contribution >= 4 is 21.8 Å². The van der Waals surface area contributed by atoms with Crippen LogP contribution < -0.4 is 9.47 Å². The minimum atomic E-state index is 0.0435. The van der Waals surface area contributed by atoms with Crippen LogP contribution in [0.25, 0.3) is 27.5 Å². The van der Waals surface area contributed by atoms with E-state index in [-0.39, 0.29) is 6.61 Å². The van der Waals surface area contributed by atoms with Crippen LogP contribution in [0.1, 0.15) is 5.56 Å². The molecule has 0 atom stereocenters. The first-order valence-corrected chi connectivity index (χ1v) is 8.11. The second-order valence-corrected chi connectivity index (χ2v) is 5.93. The van der Waals surface area contributed by atoms with Crippen LogP contribution in [0.3, 0.4) is 0 Å². The van der Waals surface area contributed by atoms with Gasteiger partial charge in [-0.2, -0.15) is 0 Å². The summed E-state index contributed by atoms with van der Waals surface area (Å²) in [5, 5.41) is 11.5. The molecule has 3 aromatic carbocycles. The summed E-state index contributed by atoms with van der Waals surface area (Å²) in [6.45, 7) is 0.0435. The van der Waals surface area contributed by atoms with E-state index in [1.807, 2.05) is 36.4 Å². The van der Waals surface area contributed by atoms with E-state index in [0.29, 0.717) is 0 Å². The van der Waals surface area contributed by atoms with Gasteiger partial charge < -0.3 is 19.1 Å². The molecule has 0 radical (unpaired) electrons. The van der Waals surface area contributed by atoms with Gasteiger partial charge in [0.2, 0.25) is 0 Å². The lowest BCUT2D eigenvalue weighted by Gasteiger charge is -2.09. The van der Waals surface area contributed by atoms with Crippen LogP contribution in [0.2, 0.25) is 0 Å². The average molecular weight is 333 g/mol. The molecule has 1 N–H and O–H groups in total. The second kappa shape index (κ2) is 6.15. The van der Waals surface area contributed by atoms with Crippen molar-refractivity contribution in [3.8, 4) is 17.2 Å². The Labute approximate surface area is 145 Å². The van der Waals surface area contributed by atoms with Crippen molar-refractivity contribution in [2.75, 3.05) is 14.2 Å². The molecule has 25 heavy (non-hydrogen) atoms. The summed E-state index contributed by atoms with van der Waals surface area (Å²) in [6.07, 6.45) is 0. The van der Waals surface area contributed by atoms with E-state index in [4.69, 9.17) is 9.47 Å². The van der Waals surface area contributed by atoms with Gasteiger partial charge in [0, 0.05) is 16.5 Å². The molecule has 0 aliphatic rings. The Morgan fingerprint density at radius 3 is 1.72 bits per heavy atom. The lowest BCUT2D eigenvalue weighted by molar-refractivity contribution is 0.282. The van der Waals surface area contributed by atoms with E-state index in [1.165, 1.54) is 0 Å². The van der Waals surface area contributed by atoms with Gasteiger partial charge in [0.1, 0.15) is 11.5 Å². The van der Waals surface area contributed by atoms with Crippen LogP contribution in [0, 0.1) is 0 Å². The van der Waals surface area contributed by atoms with E-state index in [0.717, 1.165) is 44.6 Å². The number of aromatic nitrogens is 1. The zero-order chi connectivity index (χ0) is 17.4. The second-order valence-electron chi connectivity index (χ2n) is 5.93. The van der Waals surface area contributed by atoms with E-state index in [9.17, 15) is 5.11 Å². The fourth-order valence-electron chi connectivity index (χ4n) is 3.26. The summed E-state index contributed by atoms with van der Waals surface area (Å²) in [5.74, 6) is 1.65. The van der Waals surface area contributed by atoms with Crippen molar-refractivity contribution in [3.05, 3.63) is 66.2 Å². The zero-order valence-corrected chi connectivity index (χ0v) is 14.2. The minimum absolute atomic E-state index is 0.0435. The van der Waals surface area contributed by atoms with Crippen LogP contribution in [-0.2, 0) is 6.61 Å². The van der Waals surface area contributed by atoms with Gasteiger partial charge in [0.15, 0.2) is 0 Å². The summed E-state index contributed by atoms with van der Waals surface area (Å²) < 4.78 is 13.0. The van der Waals surface area contributed by atoms with Gasteiger partial charge in [-0.1, -0.05) is 12.1 Å². The van der Waals surface area contributed by atoms with Gasteiger partial charge in [0.25, 0.3) is 0 Å². The molecule has 0 fully saturated rings. The first kappa shape index (κ1) is 15.5. The van der Waals surface area contributed by atoms with Crippen LogP contribution in [0.15, 0.2) is 60.7 Å². The van der Waals surface area contributed by atoms with Crippen LogP contribution in [-0.4, -0.2) is 23.9 Å². The summed E-state index contributed by atoms with van der Waals surface area (Å²) >= 11 is 0. The zero-order valence-electron chi connectivity index (χ0n) is 14.2. The summed E-state index contributed by atoms with van der Waals surface area (Å²) in [7, 11) is 3.35. The van der Waals surface area contributed by atoms with Crippen LogP contribution >= 0.6 is 0 Å². The molecule has 4 rings (SSSR count). The highest BCUT2D eigenvalue weighted by atomic mass is 16.5. The topological polar surface area (TPSA) is 43.6 Å². The number of rotatable bonds is 4. The number of benzene rings is 3. The molecule has 1 heterocycles. The number of methoxy groups -OCH3 is 2. The molecular weight excluding hydrogens is 314 g/mol. The summed E-state index contributed by atoms with van der Waals surface area (Å²) in [6, 6.07) is 20.1. The Balaban J connectivity index is 2.06. The Morgan fingerprint density at radius 1 is 0.760 bits per heavy atom. The lowest BCUT2D eigenvalue weighted by Crippen LogP contribution is -1.94. The van der Waals surface area contributed by atoms with E-state index < -0.39 is 0 Å². The van der Waals surface area contributed by atoms with Gasteiger partial charge in [0.05, 0.1) is 31.9 Å². The standard InChI is InChI=1S/C21H19NO3/c1-24-16-7-9-20-18(11-16)19-12-17(25-2)8-10-21(19)22(20)15-5-3-14(13-23)4-6-15/h3-12,23H,13H2,1-2H3. The van der Waals surface area contributed by atoms with Crippen LogP contribution in [0.4, 0.5) is 0 Å². The largest absolute Gasteiger partial charge is 0.497 e. The number of ether oxygens (including phenoxy) is 2. The SMILES string of the molecule is COc1ccc2c(c1)c1cc(OC)ccc1n2-c1ccc(CO)cc1. The minimum Gasteiger partial charge on any atom is -0.497 e. The molecule has 126 valence electrons. The third kappa shape index (κ3) is 2.51. The summed E-state index contributed by atoms with van der Waals surface area (Å²) in [4.78, 5) is 0. The predicted molar refractivity (Wildman–Crippen MR) is 99.8 cm³/mol. The number of hydrogen-bond donors (Lipinski definition) is 1. The maximum atomic E-state index is 9.28. The van der Waals surface area contributed by atoms with Gasteiger partial charge in [-0.3, -0.25) is 0 Å². The molecule has 1 aromatic heterocycles. The quantitative estimate of drug-likeness (QED) is 0.606. The average Bonchev–Trinajstić information content (AvgIpc) is 3.00. The molecule has 0 unspecified atom stereocenters. The predicted octanol–water partition coefficient (Wildman–Crippen LogP) is 4.29. The van der Waals surface area contributed by atoms with Crippen LogP contribution in [0.5, 0.6) is 11.5 Å². The maximum absolute atomic E-state index is 9.28. The van der Waals surface area contributed by atoms with Gasteiger partial charge >= 0.3 is 0 Å². The summed E-state index contributed by atoms with van der Waals surface area (Å²) in [5.41, 5.74) is 4.14. The molecule has 0 aliphatic carbocycles. The Bertz CT molecular complexity index is 987. The van der Waals surface area contributed by atoms with E-state index in [2.05, 4.69) is 28.8 Å². The Kier molecular flexibility index (Phi) is 3.82. The van der Waals surface area contributed by atoms with Crippen molar-refractivity contribution in [2.45, 2.75) is 6.61 Å². The van der Waals surface area contributed by atoms with Gasteiger partial charge in [-0.25, -0.2) is 0 Å². The molecule has 0 saturated carbocycles. The third-order valence-corrected chi connectivity index (χ3v) is 4.56. The molecule has 0 bridgehead atoms. The first-order chi connectivity index (χ1) is 12.2. The highest BCUT2D eigenvalue weighted by Gasteiger charge is 2.14. The number of hydrogen-bond acceptors (Lipinski definition) is 3. The highest BCUT2D eigenvalue weighted by Crippen LogP contribution is 2.36. The van der Waals surface area contributed by atoms with E-state index >= 15 is 0 Å². The molecule has 4 nitrogen and oxygen atoms in total. The Morgan fingerprint density at radius 2 is 1.28 bits per heavy atom. The maximum Gasteiger partial charge on any atom is 0.119 e. The number of nitrogens with zero attached hydrogens (tertiary/aromatic N) is 1. The number of fused-ring (bicyclic) bond motifs is 3. The fourth-order valence-corrected chi connectivity index (χ4v) is 3.26. The van der Waals surface area contributed by atoms with Crippen molar-refractivity contribution in [3.63, 3.8) is 0 Å². The molecule has 0 spiro atoms. The van der Waals surface area contributed by atoms with E-state index in [1.54, 1.807) is 14.2 Å². The first-order valence-electron chi connectivity index (χ1n) is 8.11. The number of aliphatic hydroxyl groups is 1. The lowest BCUT2D eigenvalue weighted by atomic mass is 10.1.